The van der Waals surface area contributed by atoms with E-state index in [-0.39, 0.29) is 0 Å². The smallest absolute Gasteiger partial charge is 0.195 e. The lowest BCUT2D eigenvalue weighted by atomic mass is 9.80. The maximum Gasteiger partial charge on any atom is 0.195 e. The van der Waals surface area contributed by atoms with Crippen LogP contribution in [0.3, 0.4) is 0 Å². The number of aliphatic hydroxyl groups is 1. The van der Waals surface area contributed by atoms with E-state index in [0.29, 0.717) is 30.6 Å². The van der Waals surface area contributed by atoms with E-state index in [2.05, 4.69) is 15.6 Å². The molecule has 1 aliphatic rings. The van der Waals surface area contributed by atoms with E-state index in [1.54, 1.807) is 7.11 Å². The maximum atomic E-state index is 10.2. The minimum Gasteiger partial charge on any atom is -0.493 e. The van der Waals surface area contributed by atoms with E-state index in [1.165, 1.54) is 0 Å². The summed E-state index contributed by atoms with van der Waals surface area (Å²) in [5.41, 5.74) is 0.226. The number of hydrogen-bond donors (Lipinski definition) is 3. The van der Waals surface area contributed by atoms with E-state index in [4.69, 9.17) is 9.47 Å². The van der Waals surface area contributed by atoms with E-state index in [9.17, 15) is 5.11 Å². The van der Waals surface area contributed by atoms with Gasteiger partial charge >= 0.3 is 0 Å². The van der Waals surface area contributed by atoms with Crippen LogP contribution in [0.2, 0.25) is 0 Å². The first kappa shape index (κ1) is 17.4. The molecule has 1 aromatic carbocycles. The fourth-order valence-electron chi connectivity index (χ4n) is 2.43. The van der Waals surface area contributed by atoms with Gasteiger partial charge in [-0.05, 0) is 45.2 Å². The van der Waals surface area contributed by atoms with Crippen molar-refractivity contribution >= 4 is 11.6 Å². The zero-order valence-electron chi connectivity index (χ0n) is 14.2. The van der Waals surface area contributed by atoms with Crippen LogP contribution >= 0.6 is 0 Å². The third-order valence-electron chi connectivity index (χ3n) is 3.89. The van der Waals surface area contributed by atoms with Gasteiger partial charge in [0.15, 0.2) is 17.5 Å². The molecule has 1 aromatic rings. The topological polar surface area (TPSA) is 75.1 Å². The van der Waals surface area contributed by atoms with Gasteiger partial charge in [0.25, 0.3) is 0 Å². The summed E-state index contributed by atoms with van der Waals surface area (Å²) in [6.07, 6.45) is 2.73. The van der Waals surface area contributed by atoms with Crippen LogP contribution < -0.4 is 20.1 Å². The summed E-state index contributed by atoms with van der Waals surface area (Å²) in [5.74, 6) is 2.04. The second-order valence-corrected chi connectivity index (χ2v) is 5.70. The molecule has 1 saturated carbocycles. The molecule has 1 fully saturated rings. The van der Waals surface area contributed by atoms with Crippen LogP contribution in [0.4, 0.5) is 5.69 Å². The molecule has 6 heteroatoms. The zero-order chi connectivity index (χ0) is 16.7. The fraction of sp³-hybridized carbons (Fsp3) is 0.588. The normalized spacial score (nSPS) is 16.4. The monoisotopic (exact) mass is 321 g/mol. The number of aliphatic imine (C=N–C) groups is 1. The van der Waals surface area contributed by atoms with Gasteiger partial charge in [-0.3, -0.25) is 4.99 Å². The van der Waals surface area contributed by atoms with E-state index in [0.717, 1.165) is 31.5 Å². The number of hydrogen-bond acceptors (Lipinski definition) is 4. The predicted octanol–water partition coefficient (Wildman–Crippen LogP) is 2.39. The van der Waals surface area contributed by atoms with Crippen molar-refractivity contribution in [2.75, 3.05) is 32.1 Å². The Morgan fingerprint density at radius 3 is 2.65 bits per heavy atom. The van der Waals surface area contributed by atoms with Crippen LogP contribution in [0.15, 0.2) is 23.2 Å². The van der Waals surface area contributed by atoms with Crippen molar-refractivity contribution in [2.24, 2.45) is 4.99 Å². The van der Waals surface area contributed by atoms with Crippen molar-refractivity contribution in [3.05, 3.63) is 18.2 Å². The molecule has 2 rings (SSSR count). The number of methoxy groups -OCH3 is 1. The van der Waals surface area contributed by atoms with Crippen LogP contribution in [0.1, 0.15) is 33.1 Å². The molecule has 23 heavy (non-hydrogen) atoms. The van der Waals surface area contributed by atoms with Crippen molar-refractivity contribution in [3.63, 3.8) is 0 Å². The highest BCUT2D eigenvalue weighted by Crippen LogP contribution is 2.32. The Bertz CT molecular complexity index is 542. The van der Waals surface area contributed by atoms with Gasteiger partial charge in [0.2, 0.25) is 0 Å². The van der Waals surface area contributed by atoms with E-state index >= 15 is 0 Å². The molecular weight excluding hydrogens is 294 g/mol. The van der Waals surface area contributed by atoms with Gasteiger partial charge in [0, 0.05) is 18.3 Å². The van der Waals surface area contributed by atoms with Crippen molar-refractivity contribution in [1.29, 1.82) is 0 Å². The quantitative estimate of drug-likeness (QED) is 0.531. The summed E-state index contributed by atoms with van der Waals surface area (Å²) in [7, 11) is 1.62. The first-order valence-electron chi connectivity index (χ1n) is 8.19. The van der Waals surface area contributed by atoms with Gasteiger partial charge in [-0.25, -0.2) is 0 Å². The van der Waals surface area contributed by atoms with Crippen LogP contribution in [0, 0.1) is 0 Å². The first-order chi connectivity index (χ1) is 11.1. The lowest BCUT2D eigenvalue weighted by molar-refractivity contribution is -0.0235. The Morgan fingerprint density at radius 1 is 1.30 bits per heavy atom. The molecule has 0 saturated heterocycles. The summed E-state index contributed by atoms with van der Waals surface area (Å²) in [5, 5.41) is 16.6. The molecule has 0 spiro atoms. The highest BCUT2D eigenvalue weighted by Gasteiger charge is 2.34. The summed E-state index contributed by atoms with van der Waals surface area (Å²) < 4.78 is 10.9. The van der Waals surface area contributed by atoms with Crippen LogP contribution in [-0.2, 0) is 0 Å². The van der Waals surface area contributed by atoms with E-state index < -0.39 is 5.60 Å². The standard InChI is InChI=1S/C17H27N3O3/c1-4-18-16(19-12-17(21)9-6-10-17)20-13-7-8-14(23-5-2)15(11-13)22-3/h7-8,11,21H,4-6,9-10,12H2,1-3H3,(H2,18,19,20). The molecule has 1 aliphatic carbocycles. The molecule has 0 bridgehead atoms. The minimum atomic E-state index is -0.626. The van der Waals surface area contributed by atoms with Gasteiger partial charge in [0.1, 0.15) is 0 Å². The Balaban J connectivity index is 2.08. The number of nitrogens with one attached hydrogen (secondary N) is 2. The maximum absolute atomic E-state index is 10.2. The van der Waals surface area contributed by atoms with Crippen molar-refractivity contribution < 1.29 is 14.6 Å². The molecule has 0 aliphatic heterocycles. The van der Waals surface area contributed by atoms with Crippen molar-refractivity contribution in [3.8, 4) is 11.5 Å². The number of guanidine groups is 1. The summed E-state index contributed by atoms with van der Waals surface area (Å²) in [6.45, 7) is 5.70. The summed E-state index contributed by atoms with van der Waals surface area (Å²) in [6, 6.07) is 5.65. The number of benzene rings is 1. The third-order valence-corrected chi connectivity index (χ3v) is 3.89. The van der Waals surface area contributed by atoms with Gasteiger partial charge < -0.3 is 25.2 Å². The Hall–Kier alpha value is -1.95. The van der Waals surface area contributed by atoms with Crippen LogP contribution in [-0.4, -0.2) is 43.5 Å². The molecule has 0 aromatic heterocycles. The fourth-order valence-corrected chi connectivity index (χ4v) is 2.43. The SMILES string of the molecule is CCNC(=NCC1(O)CCC1)Nc1ccc(OCC)c(OC)c1. The molecular formula is C17H27N3O3. The average molecular weight is 321 g/mol. The second kappa shape index (κ2) is 8.06. The summed E-state index contributed by atoms with van der Waals surface area (Å²) in [4.78, 5) is 4.49. The highest BCUT2D eigenvalue weighted by molar-refractivity contribution is 5.94. The van der Waals surface area contributed by atoms with Crippen molar-refractivity contribution in [1.82, 2.24) is 5.32 Å². The molecule has 3 N–H and O–H groups in total. The Morgan fingerprint density at radius 2 is 2.09 bits per heavy atom. The number of nitrogens with zero attached hydrogens (tertiary/aromatic N) is 1. The molecule has 0 heterocycles. The zero-order valence-corrected chi connectivity index (χ0v) is 14.2. The largest absolute Gasteiger partial charge is 0.493 e. The predicted molar refractivity (Wildman–Crippen MR) is 92.6 cm³/mol. The highest BCUT2D eigenvalue weighted by atomic mass is 16.5. The molecule has 0 amide bonds. The second-order valence-electron chi connectivity index (χ2n) is 5.70. The number of ether oxygens (including phenoxy) is 2. The molecule has 0 atom stereocenters. The van der Waals surface area contributed by atoms with Crippen LogP contribution in [0.5, 0.6) is 11.5 Å². The third kappa shape index (κ3) is 4.76. The number of anilines is 1. The lowest BCUT2D eigenvalue weighted by Crippen LogP contribution is -2.41. The van der Waals surface area contributed by atoms with E-state index in [1.807, 2.05) is 32.0 Å². The van der Waals surface area contributed by atoms with Crippen LogP contribution in [0.25, 0.3) is 0 Å². The molecule has 6 nitrogen and oxygen atoms in total. The minimum absolute atomic E-state index is 0.413. The van der Waals surface area contributed by atoms with Crippen molar-refractivity contribution in [2.45, 2.75) is 38.7 Å². The number of rotatable bonds is 7. The molecule has 0 radical (unpaired) electrons. The summed E-state index contributed by atoms with van der Waals surface area (Å²) >= 11 is 0. The Labute approximate surface area is 137 Å². The first-order valence-corrected chi connectivity index (χ1v) is 8.19. The molecule has 0 unspecified atom stereocenters. The Kier molecular flexibility index (Phi) is 6.10. The van der Waals surface area contributed by atoms with Gasteiger partial charge in [-0.2, -0.15) is 0 Å². The van der Waals surface area contributed by atoms with Gasteiger partial charge in [0.05, 0.1) is 25.9 Å². The van der Waals surface area contributed by atoms with Gasteiger partial charge in [-0.15, -0.1) is 0 Å². The van der Waals surface area contributed by atoms with Gasteiger partial charge in [-0.1, -0.05) is 0 Å². The molecule has 128 valence electrons. The average Bonchev–Trinajstić information content (AvgIpc) is 2.52. The lowest BCUT2D eigenvalue weighted by Gasteiger charge is -2.35.